The van der Waals surface area contributed by atoms with Crippen molar-refractivity contribution in [2.24, 2.45) is 11.8 Å². The van der Waals surface area contributed by atoms with E-state index in [-0.39, 0.29) is 48.4 Å². The van der Waals surface area contributed by atoms with Crippen molar-refractivity contribution in [2.75, 3.05) is 13.1 Å². The van der Waals surface area contributed by atoms with Crippen LogP contribution in [0.15, 0.2) is 42.5 Å². The first-order chi connectivity index (χ1) is 16.1. The van der Waals surface area contributed by atoms with E-state index in [1.54, 1.807) is 4.90 Å². The van der Waals surface area contributed by atoms with Crippen LogP contribution < -0.4 is 5.32 Å². The lowest BCUT2D eigenvalue weighted by Crippen LogP contribution is -2.54. The third-order valence-corrected chi connectivity index (χ3v) is 6.52. The largest absolute Gasteiger partial charge is 0.350 e. The van der Waals surface area contributed by atoms with Gasteiger partial charge >= 0.3 is 0 Å². The first-order valence-electron chi connectivity index (χ1n) is 12.3. The summed E-state index contributed by atoms with van der Waals surface area (Å²) in [6.45, 7) is 8.06. The van der Waals surface area contributed by atoms with E-state index in [0.29, 0.717) is 32.2 Å². The monoisotopic (exact) mass is 467 g/mol. The molecule has 1 fully saturated rings. The van der Waals surface area contributed by atoms with Gasteiger partial charge in [0.2, 0.25) is 23.6 Å². The molecule has 0 saturated carbocycles. The summed E-state index contributed by atoms with van der Waals surface area (Å²) in [7, 11) is 0. The summed E-state index contributed by atoms with van der Waals surface area (Å²) >= 11 is 0. The fourth-order valence-electron chi connectivity index (χ4n) is 4.79. The number of hydrogen-bond donors (Lipinski definition) is 1. The Kier molecular flexibility index (Phi) is 8.28. The predicted octanol–water partition coefficient (Wildman–Crippen LogP) is 3.09. The molecule has 0 aromatic heterocycles. The fourth-order valence-corrected chi connectivity index (χ4v) is 4.79. The molecule has 0 bridgehead atoms. The standard InChI is InChI=1S/C27H37N3O4/c1-5-22(24(32)28-27(2,3)4)29(17-15-19-11-7-6-8-12-19)23(31)16-18-30-25(33)20-13-9-10-14-21(20)26(30)34/h6-12,20-22H,5,13-18H2,1-4H3,(H,28,32)/t20-,21+,22-/m0/s1. The minimum absolute atomic E-state index is 0.0123. The molecular weight excluding hydrogens is 430 g/mol. The molecule has 1 N–H and O–H groups in total. The second-order valence-corrected chi connectivity index (χ2v) is 10.2. The van der Waals surface area contributed by atoms with Crippen molar-refractivity contribution >= 4 is 23.6 Å². The van der Waals surface area contributed by atoms with Gasteiger partial charge in [-0.15, -0.1) is 0 Å². The number of imide groups is 1. The van der Waals surface area contributed by atoms with Gasteiger partial charge in [-0.2, -0.15) is 0 Å². The molecule has 1 aromatic carbocycles. The van der Waals surface area contributed by atoms with Gasteiger partial charge < -0.3 is 10.2 Å². The number of carbonyl (C=O) groups is 4. The Labute approximate surface area is 202 Å². The summed E-state index contributed by atoms with van der Waals surface area (Å²) in [5.41, 5.74) is 0.657. The lowest BCUT2D eigenvalue weighted by molar-refractivity contribution is -0.144. The second-order valence-electron chi connectivity index (χ2n) is 10.2. The Hall–Kier alpha value is -2.96. The molecule has 7 nitrogen and oxygen atoms in total. The van der Waals surface area contributed by atoms with Crippen molar-refractivity contribution in [1.82, 2.24) is 15.1 Å². The average Bonchev–Trinajstić information content (AvgIpc) is 3.04. The van der Waals surface area contributed by atoms with Crippen LogP contribution in [0, 0.1) is 11.8 Å². The maximum Gasteiger partial charge on any atom is 0.243 e. The molecule has 0 radical (unpaired) electrons. The number of rotatable bonds is 9. The minimum atomic E-state index is -0.618. The molecule has 3 rings (SSSR count). The zero-order valence-corrected chi connectivity index (χ0v) is 20.8. The smallest absolute Gasteiger partial charge is 0.243 e. The van der Waals surface area contributed by atoms with Crippen molar-refractivity contribution in [3.05, 3.63) is 48.0 Å². The van der Waals surface area contributed by atoms with Gasteiger partial charge in [0, 0.05) is 25.0 Å². The molecule has 2 aliphatic rings. The van der Waals surface area contributed by atoms with Gasteiger partial charge in [-0.05, 0) is 52.0 Å². The molecule has 184 valence electrons. The molecule has 0 spiro atoms. The molecule has 7 heteroatoms. The quantitative estimate of drug-likeness (QED) is 0.447. The van der Waals surface area contributed by atoms with Gasteiger partial charge in [-0.1, -0.05) is 49.4 Å². The Balaban J connectivity index is 1.72. The lowest BCUT2D eigenvalue weighted by atomic mass is 9.85. The number of nitrogens with one attached hydrogen (secondary N) is 1. The average molecular weight is 468 g/mol. The maximum absolute atomic E-state index is 13.4. The lowest BCUT2D eigenvalue weighted by Gasteiger charge is -2.33. The third kappa shape index (κ3) is 6.13. The van der Waals surface area contributed by atoms with Crippen LogP contribution in [-0.2, 0) is 25.6 Å². The molecular formula is C27H37N3O4. The van der Waals surface area contributed by atoms with E-state index in [4.69, 9.17) is 0 Å². The molecule has 0 unspecified atom stereocenters. The summed E-state index contributed by atoms with van der Waals surface area (Å²) in [4.78, 5) is 54.9. The van der Waals surface area contributed by atoms with E-state index < -0.39 is 11.6 Å². The summed E-state index contributed by atoms with van der Waals surface area (Å²) in [5, 5.41) is 2.99. The van der Waals surface area contributed by atoms with Gasteiger partial charge in [-0.25, -0.2) is 0 Å². The van der Waals surface area contributed by atoms with Crippen LogP contribution in [0.4, 0.5) is 0 Å². The Bertz CT molecular complexity index is 909. The number of fused-ring (bicyclic) bond motifs is 1. The van der Waals surface area contributed by atoms with Crippen LogP contribution in [0.2, 0.25) is 0 Å². The highest BCUT2D eigenvalue weighted by molar-refractivity contribution is 6.05. The number of nitrogens with zero attached hydrogens (tertiary/aromatic N) is 2. The molecule has 1 aliphatic heterocycles. The van der Waals surface area contributed by atoms with Crippen LogP contribution >= 0.6 is 0 Å². The molecule has 1 aliphatic carbocycles. The maximum atomic E-state index is 13.4. The van der Waals surface area contributed by atoms with Crippen LogP contribution in [0.25, 0.3) is 0 Å². The Morgan fingerprint density at radius 1 is 1.06 bits per heavy atom. The zero-order valence-electron chi connectivity index (χ0n) is 20.8. The van der Waals surface area contributed by atoms with E-state index >= 15 is 0 Å². The minimum Gasteiger partial charge on any atom is -0.350 e. The Morgan fingerprint density at radius 2 is 1.65 bits per heavy atom. The number of carbonyl (C=O) groups excluding carboxylic acids is 4. The molecule has 3 atom stereocenters. The molecule has 1 aromatic rings. The van der Waals surface area contributed by atoms with Crippen molar-refractivity contribution < 1.29 is 19.2 Å². The number of benzene rings is 1. The highest BCUT2D eigenvalue weighted by Gasteiger charge is 2.47. The summed E-state index contributed by atoms with van der Waals surface area (Å²) in [5.74, 6) is -1.38. The van der Waals surface area contributed by atoms with Crippen LogP contribution in [0.1, 0.15) is 58.9 Å². The molecule has 1 heterocycles. The highest BCUT2D eigenvalue weighted by Crippen LogP contribution is 2.35. The van der Waals surface area contributed by atoms with Crippen LogP contribution in [0.3, 0.4) is 0 Å². The van der Waals surface area contributed by atoms with Crippen molar-refractivity contribution in [3.8, 4) is 0 Å². The highest BCUT2D eigenvalue weighted by atomic mass is 16.2. The van der Waals surface area contributed by atoms with Gasteiger partial charge in [0.25, 0.3) is 0 Å². The van der Waals surface area contributed by atoms with Gasteiger partial charge in [0.1, 0.15) is 6.04 Å². The van der Waals surface area contributed by atoms with Crippen molar-refractivity contribution in [3.63, 3.8) is 0 Å². The van der Waals surface area contributed by atoms with Crippen molar-refractivity contribution in [2.45, 2.75) is 71.4 Å². The molecule has 34 heavy (non-hydrogen) atoms. The first kappa shape index (κ1) is 25.7. The third-order valence-electron chi connectivity index (χ3n) is 6.52. The van der Waals surface area contributed by atoms with Gasteiger partial charge in [0.05, 0.1) is 11.8 Å². The molecule has 1 saturated heterocycles. The summed E-state index contributed by atoms with van der Waals surface area (Å²) in [6.07, 6.45) is 6.15. The van der Waals surface area contributed by atoms with Crippen LogP contribution in [0.5, 0.6) is 0 Å². The van der Waals surface area contributed by atoms with E-state index in [9.17, 15) is 19.2 Å². The van der Waals surface area contributed by atoms with Crippen LogP contribution in [-0.4, -0.2) is 58.1 Å². The van der Waals surface area contributed by atoms with Gasteiger partial charge in [-0.3, -0.25) is 24.1 Å². The van der Waals surface area contributed by atoms with E-state index in [1.807, 2.05) is 70.2 Å². The topological polar surface area (TPSA) is 86.8 Å². The fraction of sp³-hybridized carbons (Fsp3) is 0.556. The number of allylic oxidation sites excluding steroid dienone is 2. The second kappa shape index (κ2) is 11.0. The predicted molar refractivity (Wildman–Crippen MR) is 131 cm³/mol. The van der Waals surface area contributed by atoms with Crippen molar-refractivity contribution in [1.29, 1.82) is 0 Å². The number of likely N-dealkylation sites (tertiary alicyclic amines) is 1. The number of hydrogen-bond acceptors (Lipinski definition) is 4. The molecule has 4 amide bonds. The summed E-state index contributed by atoms with van der Waals surface area (Å²) < 4.78 is 0. The van der Waals surface area contributed by atoms with E-state index in [0.717, 1.165) is 5.56 Å². The first-order valence-corrected chi connectivity index (χ1v) is 12.3. The van der Waals surface area contributed by atoms with E-state index in [2.05, 4.69) is 5.32 Å². The van der Waals surface area contributed by atoms with E-state index in [1.165, 1.54) is 4.90 Å². The number of amides is 4. The van der Waals surface area contributed by atoms with Gasteiger partial charge in [0.15, 0.2) is 0 Å². The normalized spacial score (nSPS) is 20.8. The Morgan fingerprint density at radius 3 is 2.18 bits per heavy atom. The zero-order chi connectivity index (χ0) is 24.9. The summed E-state index contributed by atoms with van der Waals surface area (Å²) in [6, 6.07) is 9.21. The SMILES string of the molecule is CC[C@@H](C(=O)NC(C)(C)C)N(CCc1ccccc1)C(=O)CCN1C(=O)[C@H]2CC=CC[C@H]2C1=O.